The van der Waals surface area contributed by atoms with Crippen molar-refractivity contribution in [1.82, 2.24) is 5.32 Å². The molecular weight excluding hydrogens is 276 g/mol. The first kappa shape index (κ1) is 13.0. The molecule has 0 spiro atoms. The summed E-state index contributed by atoms with van der Waals surface area (Å²) in [6, 6.07) is 10.8. The second-order valence-corrected chi connectivity index (χ2v) is 6.76. The number of fused-ring (bicyclic) bond motifs is 1. The quantitative estimate of drug-likeness (QED) is 0.841. The van der Waals surface area contributed by atoms with Crippen LogP contribution in [0.3, 0.4) is 0 Å². The summed E-state index contributed by atoms with van der Waals surface area (Å²) in [7, 11) is 0. The number of hydrogen-bond acceptors (Lipinski definition) is 3. The predicted octanol–water partition coefficient (Wildman–Crippen LogP) is 3.80. The third-order valence-electron chi connectivity index (χ3n) is 3.64. The van der Waals surface area contributed by atoms with E-state index in [1.54, 1.807) is 11.3 Å². The Hall–Kier alpha value is -1.03. The van der Waals surface area contributed by atoms with Gasteiger partial charge < -0.3 is 11.1 Å². The molecule has 0 bridgehead atoms. The second-order valence-electron chi connectivity index (χ2n) is 4.96. The maximum absolute atomic E-state index is 5.93. The van der Waals surface area contributed by atoms with Gasteiger partial charge in [0, 0.05) is 23.2 Å². The van der Waals surface area contributed by atoms with Gasteiger partial charge >= 0.3 is 0 Å². The van der Waals surface area contributed by atoms with Crippen LogP contribution in [0.1, 0.15) is 28.5 Å². The van der Waals surface area contributed by atoms with Crippen LogP contribution in [-0.4, -0.2) is 6.54 Å². The molecule has 19 heavy (non-hydrogen) atoms. The van der Waals surface area contributed by atoms with Gasteiger partial charge in [0.25, 0.3) is 0 Å². The number of nitrogen functional groups attached to an aromatic ring is 1. The van der Waals surface area contributed by atoms with Gasteiger partial charge in [0.05, 0.1) is 4.34 Å². The van der Waals surface area contributed by atoms with Crippen LogP contribution in [0.25, 0.3) is 0 Å². The van der Waals surface area contributed by atoms with Gasteiger partial charge in [-0.25, -0.2) is 0 Å². The zero-order chi connectivity index (χ0) is 13.2. The van der Waals surface area contributed by atoms with Gasteiger partial charge in [-0.3, -0.25) is 0 Å². The molecule has 0 saturated carbocycles. The monoisotopic (exact) mass is 292 g/mol. The molecule has 1 aliphatic carbocycles. The summed E-state index contributed by atoms with van der Waals surface area (Å²) in [5, 5.41) is 3.64. The number of anilines is 1. The molecule has 1 aromatic carbocycles. The minimum Gasteiger partial charge on any atom is -0.399 e. The average molecular weight is 293 g/mol. The SMILES string of the molecule is Nc1ccc2c(c1)CCC2NCCc1ccc(Cl)s1. The summed E-state index contributed by atoms with van der Waals surface area (Å²) in [5.41, 5.74) is 9.51. The molecule has 0 fully saturated rings. The van der Waals surface area contributed by atoms with E-state index >= 15 is 0 Å². The Morgan fingerprint density at radius 1 is 1.32 bits per heavy atom. The van der Waals surface area contributed by atoms with Gasteiger partial charge in [0.15, 0.2) is 0 Å². The van der Waals surface area contributed by atoms with E-state index in [9.17, 15) is 0 Å². The van der Waals surface area contributed by atoms with Crippen LogP contribution in [0.5, 0.6) is 0 Å². The first-order chi connectivity index (χ1) is 9.22. The zero-order valence-electron chi connectivity index (χ0n) is 10.7. The van der Waals surface area contributed by atoms with E-state index < -0.39 is 0 Å². The molecule has 0 amide bonds. The summed E-state index contributed by atoms with van der Waals surface area (Å²) in [5.74, 6) is 0. The number of halogens is 1. The highest BCUT2D eigenvalue weighted by atomic mass is 35.5. The lowest BCUT2D eigenvalue weighted by molar-refractivity contribution is 0.535. The fourth-order valence-electron chi connectivity index (χ4n) is 2.71. The first-order valence-corrected chi connectivity index (χ1v) is 7.78. The van der Waals surface area contributed by atoms with E-state index in [0.29, 0.717) is 6.04 Å². The van der Waals surface area contributed by atoms with Crippen molar-refractivity contribution < 1.29 is 0 Å². The van der Waals surface area contributed by atoms with E-state index in [0.717, 1.165) is 29.4 Å². The second kappa shape index (κ2) is 5.53. The van der Waals surface area contributed by atoms with Crippen LogP contribution in [-0.2, 0) is 12.8 Å². The first-order valence-electron chi connectivity index (χ1n) is 6.58. The number of nitrogens with two attached hydrogens (primary N) is 1. The van der Waals surface area contributed by atoms with Crippen LogP contribution in [0, 0.1) is 0 Å². The molecule has 1 aliphatic rings. The lowest BCUT2D eigenvalue weighted by Crippen LogP contribution is -2.21. The van der Waals surface area contributed by atoms with Gasteiger partial charge in [-0.2, -0.15) is 0 Å². The topological polar surface area (TPSA) is 38.0 Å². The highest BCUT2D eigenvalue weighted by Crippen LogP contribution is 2.32. The van der Waals surface area contributed by atoms with Gasteiger partial charge in [0.1, 0.15) is 0 Å². The Morgan fingerprint density at radius 3 is 3.00 bits per heavy atom. The van der Waals surface area contributed by atoms with E-state index in [4.69, 9.17) is 17.3 Å². The average Bonchev–Trinajstić information content (AvgIpc) is 2.96. The van der Waals surface area contributed by atoms with Crippen molar-refractivity contribution in [3.05, 3.63) is 50.7 Å². The normalized spacial score (nSPS) is 17.6. The van der Waals surface area contributed by atoms with E-state index in [-0.39, 0.29) is 0 Å². The van der Waals surface area contributed by atoms with Gasteiger partial charge in [0.2, 0.25) is 0 Å². The van der Waals surface area contributed by atoms with Gasteiger partial charge in [-0.1, -0.05) is 17.7 Å². The third kappa shape index (κ3) is 2.94. The number of hydrogen-bond donors (Lipinski definition) is 2. The van der Waals surface area contributed by atoms with Crippen molar-refractivity contribution in [2.24, 2.45) is 0 Å². The zero-order valence-corrected chi connectivity index (χ0v) is 12.2. The summed E-state index contributed by atoms with van der Waals surface area (Å²) in [6.45, 7) is 0.991. The molecule has 1 aromatic heterocycles. The van der Waals surface area contributed by atoms with Crippen molar-refractivity contribution in [3.63, 3.8) is 0 Å². The molecule has 1 atom stereocenters. The van der Waals surface area contributed by atoms with Crippen LogP contribution in [0.4, 0.5) is 5.69 Å². The number of benzene rings is 1. The standard InChI is InChI=1S/C15H17ClN2S/c16-15-6-3-12(19-15)7-8-18-14-5-1-10-9-11(17)2-4-13(10)14/h2-4,6,9,14,18H,1,5,7-8,17H2. The van der Waals surface area contributed by atoms with Gasteiger partial charge in [-0.05, 0) is 54.7 Å². The molecular formula is C15H17ClN2S. The van der Waals surface area contributed by atoms with Crippen LogP contribution in [0.15, 0.2) is 30.3 Å². The molecule has 0 radical (unpaired) electrons. The molecule has 3 rings (SSSR count). The number of aryl methyl sites for hydroxylation is 1. The fraction of sp³-hybridized carbons (Fsp3) is 0.333. The van der Waals surface area contributed by atoms with Gasteiger partial charge in [-0.15, -0.1) is 11.3 Å². The number of rotatable bonds is 4. The Kier molecular flexibility index (Phi) is 3.78. The third-order valence-corrected chi connectivity index (χ3v) is 4.93. The molecule has 100 valence electrons. The summed E-state index contributed by atoms with van der Waals surface area (Å²) in [6.07, 6.45) is 3.34. The molecule has 1 heterocycles. The molecule has 0 saturated heterocycles. The van der Waals surface area contributed by atoms with E-state index in [2.05, 4.69) is 23.5 Å². The molecule has 1 unspecified atom stereocenters. The maximum atomic E-state index is 5.93. The van der Waals surface area contributed by atoms with Crippen molar-refractivity contribution in [2.45, 2.75) is 25.3 Å². The Labute approximate surface area is 122 Å². The Balaban J connectivity index is 1.58. The molecule has 4 heteroatoms. The largest absolute Gasteiger partial charge is 0.399 e. The van der Waals surface area contributed by atoms with Crippen LogP contribution >= 0.6 is 22.9 Å². The molecule has 3 N–H and O–H groups in total. The van der Waals surface area contributed by atoms with Crippen molar-refractivity contribution >= 4 is 28.6 Å². The van der Waals surface area contributed by atoms with Crippen molar-refractivity contribution in [3.8, 4) is 0 Å². The fourth-order valence-corrected chi connectivity index (χ4v) is 3.79. The maximum Gasteiger partial charge on any atom is 0.0931 e. The Morgan fingerprint density at radius 2 is 2.21 bits per heavy atom. The number of nitrogens with one attached hydrogen (secondary N) is 1. The van der Waals surface area contributed by atoms with Crippen molar-refractivity contribution in [1.29, 1.82) is 0 Å². The summed E-state index contributed by atoms with van der Waals surface area (Å²) >= 11 is 7.60. The lowest BCUT2D eigenvalue weighted by Gasteiger charge is -2.13. The predicted molar refractivity (Wildman–Crippen MR) is 83.0 cm³/mol. The Bertz CT molecular complexity index is 579. The van der Waals surface area contributed by atoms with Crippen molar-refractivity contribution in [2.75, 3.05) is 12.3 Å². The number of thiophene rings is 1. The van der Waals surface area contributed by atoms with Crippen LogP contribution in [0.2, 0.25) is 4.34 Å². The molecule has 2 nitrogen and oxygen atoms in total. The minimum absolute atomic E-state index is 0.478. The summed E-state index contributed by atoms with van der Waals surface area (Å²) < 4.78 is 0.872. The van der Waals surface area contributed by atoms with E-state index in [1.165, 1.54) is 22.4 Å². The van der Waals surface area contributed by atoms with E-state index in [1.807, 2.05) is 12.1 Å². The van der Waals surface area contributed by atoms with Crippen LogP contribution < -0.4 is 11.1 Å². The smallest absolute Gasteiger partial charge is 0.0931 e. The minimum atomic E-state index is 0.478. The molecule has 2 aromatic rings. The highest BCUT2D eigenvalue weighted by Gasteiger charge is 2.21. The summed E-state index contributed by atoms with van der Waals surface area (Å²) in [4.78, 5) is 1.34. The molecule has 0 aliphatic heterocycles. The lowest BCUT2D eigenvalue weighted by atomic mass is 10.1. The highest BCUT2D eigenvalue weighted by molar-refractivity contribution is 7.16.